The fourth-order valence-electron chi connectivity index (χ4n) is 2.37. The number of halogens is 3. The first-order chi connectivity index (χ1) is 14.5. The number of amides is 1. The van der Waals surface area contributed by atoms with Gasteiger partial charge in [-0.2, -0.15) is 0 Å². The molecule has 0 aliphatic heterocycles. The van der Waals surface area contributed by atoms with Crippen molar-refractivity contribution in [3.63, 3.8) is 0 Å². The van der Waals surface area contributed by atoms with Gasteiger partial charge in [0.05, 0.1) is 11.0 Å². The lowest BCUT2D eigenvalue weighted by Gasteiger charge is -2.13. The number of hydrogen-bond donors (Lipinski definition) is 2. The standard InChI is InChI=1S/C19H22F3N3O5S/c1-13(2)29-18-14(4-3-10-23-18)12-24-17(26)9-11-25-31(27,28)16-7-5-15(6-8-16)30-19(20,21)22/h3-8,10,13,25H,9,11-12H2,1-2H3,(H,24,26). The van der Waals surface area contributed by atoms with Crippen molar-refractivity contribution in [2.24, 2.45) is 0 Å². The SMILES string of the molecule is CC(C)Oc1ncccc1CNC(=O)CCNS(=O)(=O)c1ccc(OC(F)(F)F)cc1. The number of alkyl halides is 3. The lowest BCUT2D eigenvalue weighted by atomic mass is 10.2. The predicted octanol–water partition coefficient (Wildman–Crippen LogP) is 2.75. The van der Waals surface area contributed by atoms with Gasteiger partial charge in [-0.3, -0.25) is 4.79 Å². The zero-order chi connectivity index (χ0) is 23.1. The molecule has 0 unspecified atom stereocenters. The van der Waals surface area contributed by atoms with Crippen LogP contribution in [0.15, 0.2) is 47.5 Å². The van der Waals surface area contributed by atoms with Crippen molar-refractivity contribution in [1.82, 2.24) is 15.0 Å². The maximum absolute atomic E-state index is 12.2. The van der Waals surface area contributed by atoms with Crippen LogP contribution in [0.3, 0.4) is 0 Å². The van der Waals surface area contributed by atoms with E-state index in [2.05, 4.69) is 19.8 Å². The van der Waals surface area contributed by atoms with E-state index in [1.807, 2.05) is 13.8 Å². The number of hydrogen-bond acceptors (Lipinski definition) is 6. The van der Waals surface area contributed by atoms with E-state index >= 15 is 0 Å². The minimum Gasteiger partial charge on any atom is -0.475 e. The van der Waals surface area contributed by atoms with Gasteiger partial charge in [-0.05, 0) is 44.2 Å². The summed E-state index contributed by atoms with van der Waals surface area (Å²) in [6, 6.07) is 7.18. The highest BCUT2D eigenvalue weighted by atomic mass is 32.2. The van der Waals surface area contributed by atoms with Gasteiger partial charge < -0.3 is 14.8 Å². The van der Waals surface area contributed by atoms with Gasteiger partial charge in [0.1, 0.15) is 5.75 Å². The average Bonchev–Trinajstić information content (AvgIpc) is 2.66. The first kappa shape index (κ1) is 24.4. The van der Waals surface area contributed by atoms with Gasteiger partial charge >= 0.3 is 6.36 Å². The third-order valence-corrected chi connectivity index (χ3v) is 5.16. The van der Waals surface area contributed by atoms with Crippen LogP contribution in [-0.2, 0) is 21.4 Å². The number of pyridine rings is 1. The molecule has 1 aromatic heterocycles. The number of benzene rings is 1. The molecule has 8 nitrogen and oxygen atoms in total. The normalized spacial score (nSPS) is 11.9. The van der Waals surface area contributed by atoms with Crippen molar-refractivity contribution < 1.29 is 35.9 Å². The molecule has 2 N–H and O–H groups in total. The van der Waals surface area contributed by atoms with Crippen molar-refractivity contribution in [3.8, 4) is 11.6 Å². The molecule has 0 bridgehead atoms. The Bertz CT molecular complexity index is 980. The number of carbonyl (C=O) groups excluding carboxylic acids is 1. The highest BCUT2D eigenvalue weighted by molar-refractivity contribution is 7.89. The second-order valence-electron chi connectivity index (χ2n) is 6.58. The van der Waals surface area contributed by atoms with Crippen LogP contribution in [0.1, 0.15) is 25.8 Å². The number of carbonyl (C=O) groups is 1. The van der Waals surface area contributed by atoms with E-state index in [0.29, 0.717) is 11.4 Å². The number of ether oxygens (including phenoxy) is 2. The molecule has 0 saturated carbocycles. The number of nitrogens with one attached hydrogen (secondary N) is 2. The Labute approximate surface area is 177 Å². The summed E-state index contributed by atoms with van der Waals surface area (Å²) in [7, 11) is -4.00. The minimum atomic E-state index is -4.87. The fourth-order valence-corrected chi connectivity index (χ4v) is 3.40. The molecule has 31 heavy (non-hydrogen) atoms. The predicted molar refractivity (Wildman–Crippen MR) is 105 cm³/mol. The Balaban J connectivity index is 1.84. The summed E-state index contributed by atoms with van der Waals surface area (Å²) < 4.78 is 72.4. The van der Waals surface area contributed by atoms with E-state index < -0.39 is 28.0 Å². The van der Waals surface area contributed by atoms with Crippen molar-refractivity contribution in [2.45, 2.75) is 44.2 Å². The molecular formula is C19H22F3N3O5S. The van der Waals surface area contributed by atoms with Crippen LogP contribution in [0.4, 0.5) is 13.2 Å². The van der Waals surface area contributed by atoms with Crippen molar-refractivity contribution in [1.29, 1.82) is 0 Å². The molecule has 170 valence electrons. The molecular weight excluding hydrogens is 439 g/mol. The summed E-state index contributed by atoms with van der Waals surface area (Å²) >= 11 is 0. The molecule has 0 fully saturated rings. The topological polar surface area (TPSA) is 107 Å². The molecule has 12 heteroatoms. The summed E-state index contributed by atoms with van der Waals surface area (Å²) in [5.41, 5.74) is 0.672. The molecule has 1 heterocycles. The van der Waals surface area contributed by atoms with Crippen LogP contribution in [0.25, 0.3) is 0 Å². The maximum Gasteiger partial charge on any atom is 0.573 e. The highest BCUT2D eigenvalue weighted by Crippen LogP contribution is 2.23. The molecule has 0 atom stereocenters. The molecule has 0 aliphatic rings. The third-order valence-electron chi connectivity index (χ3n) is 3.69. The Hall–Kier alpha value is -2.86. The molecule has 1 aromatic carbocycles. The Morgan fingerprint density at radius 1 is 1.16 bits per heavy atom. The van der Waals surface area contributed by atoms with E-state index in [0.717, 1.165) is 24.3 Å². The van der Waals surface area contributed by atoms with E-state index in [-0.39, 0.29) is 30.5 Å². The summed E-state index contributed by atoms with van der Waals surface area (Å²) in [6.45, 7) is 3.65. The number of sulfonamides is 1. The summed E-state index contributed by atoms with van der Waals surface area (Å²) in [5.74, 6) is -0.547. The second kappa shape index (κ2) is 10.4. The maximum atomic E-state index is 12.2. The van der Waals surface area contributed by atoms with E-state index in [1.54, 1.807) is 18.3 Å². The Kier molecular flexibility index (Phi) is 8.22. The lowest BCUT2D eigenvalue weighted by Crippen LogP contribution is -2.30. The van der Waals surface area contributed by atoms with Gasteiger partial charge in [-0.25, -0.2) is 18.1 Å². The Morgan fingerprint density at radius 2 is 1.84 bits per heavy atom. The van der Waals surface area contributed by atoms with Gasteiger partial charge in [0.15, 0.2) is 0 Å². The number of aromatic nitrogens is 1. The molecule has 2 aromatic rings. The molecule has 0 saturated heterocycles. The number of rotatable bonds is 10. The van der Waals surface area contributed by atoms with Gasteiger partial charge in [0.2, 0.25) is 21.8 Å². The van der Waals surface area contributed by atoms with Gasteiger partial charge in [0.25, 0.3) is 0 Å². The van der Waals surface area contributed by atoms with Crippen LogP contribution in [-0.4, -0.2) is 38.3 Å². The summed E-state index contributed by atoms with van der Waals surface area (Å²) in [4.78, 5) is 15.9. The smallest absolute Gasteiger partial charge is 0.475 e. The lowest BCUT2D eigenvalue weighted by molar-refractivity contribution is -0.274. The van der Waals surface area contributed by atoms with Crippen LogP contribution in [0, 0.1) is 0 Å². The van der Waals surface area contributed by atoms with Crippen LogP contribution < -0.4 is 19.5 Å². The van der Waals surface area contributed by atoms with E-state index in [1.165, 1.54) is 0 Å². The molecule has 2 rings (SSSR count). The Morgan fingerprint density at radius 3 is 2.45 bits per heavy atom. The van der Waals surface area contributed by atoms with Crippen LogP contribution in [0.2, 0.25) is 0 Å². The fraction of sp³-hybridized carbons (Fsp3) is 0.368. The monoisotopic (exact) mass is 461 g/mol. The summed E-state index contributed by atoms with van der Waals surface area (Å²) in [5, 5.41) is 2.65. The zero-order valence-corrected chi connectivity index (χ0v) is 17.6. The second-order valence-corrected chi connectivity index (χ2v) is 8.34. The largest absolute Gasteiger partial charge is 0.573 e. The third kappa shape index (κ3) is 8.42. The molecule has 1 amide bonds. The van der Waals surface area contributed by atoms with Gasteiger partial charge in [0, 0.05) is 31.3 Å². The van der Waals surface area contributed by atoms with Gasteiger partial charge in [-0.15, -0.1) is 13.2 Å². The minimum absolute atomic E-state index is 0.0900. The quantitative estimate of drug-likeness (QED) is 0.564. The van der Waals surface area contributed by atoms with Crippen molar-refractivity contribution in [3.05, 3.63) is 48.2 Å². The van der Waals surface area contributed by atoms with Crippen molar-refractivity contribution in [2.75, 3.05) is 6.54 Å². The molecule has 0 spiro atoms. The number of nitrogens with zero attached hydrogens (tertiary/aromatic N) is 1. The van der Waals surface area contributed by atoms with E-state index in [4.69, 9.17) is 4.74 Å². The van der Waals surface area contributed by atoms with E-state index in [9.17, 15) is 26.4 Å². The van der Waals surface area contributed by atoms with Crippen LogP contribution in [0.5, 0.6) is 11.6 Å². The summed E-state index contributed by atoms with van der Waals surface area (Å²) in [6.07, 6.45) is -3.54. The average molecular weight is 461 g/mol. The van der Waals surface area contributed by atoms with Gasteiger partial charge in [-0.1, -0.05) is 6.07 Å². The van der Waals surface area contributed by atoms with Crippen molar-refractivity contribution >= 4 is 15.9 Å². The first-order valence-electron chi connectivity index (χ1n) is 9.19. The van der Waals surface area contributed by atoms with Crippen LogP contribution >= 0.6 is 0 Å². The highest BCUT2D eigenvalue weighted by Gasteiger charge is 2.31. The first-order valence-corrected chi connectivity index (χ1v) is 10.7. The molecule has 0 radical (unpaired) electrons. The molecule has 0 aliphatic carbocycles. The zero-order valence-electron chi connectivity index (χ0n) is 16.8.